The molecule has 0 saturated carbocycles. The van der Waals surface area contributed by atoms with Gasteiger partial charge < -0.3 is 5.73 Å². The van der Waals surface area contributed by atoms with Crippen molar-refractivity contribution in [1.29, 1.82) is 0 Å². The Morgan fingerprint density at radius 2 is 2.16 bits per heavy atom. The molecule has 0 amide bonds. The summed E-state index contributed by atoms with van der Waals surface area (Å²) in [6.07, 6.45) is 5.19. The SMILES string of the molecule is NNC(c1cnc2ccsc2c1)c1cnccc1N. The van der Waals surface area contributed by atoms with Crippen molar-refractivity contribution in [2.75, 3.05) is 5.73 Å². The highest BCUT2D eigenvalue weighted by Gasteiger charge is 2.16. The van der Waals surface area contributed by atoms with Gasteiger partial charge in [0.25, 0.3) is 0 Å². The number of pyridine rings is 2. The number of anilines is 1. The molecule has 5 N–H and O–H groups in total. The fourth-order valence-corrected chi connectivity index (χ4v) is 2.83. The van der Waals surface area contributed by atoms with Crippen LogP contribution < -0.4 is 17.0 Å². The van der Waals surface area contributed by atoms with Crippen LogP contribution in [0.15, 0.2) is 42.2 Å². The molecule has 5 nitrogen and oxygen atoms in total. The van der Waals surface area contributed by atoms with Gasteiger partial charge in [-0.1, -0.05) is 0 Å². The standard InChI is InChI=1S/C13H13N5S/c14-10-1-3-16-7-9(10)13(18-15)8-5-12-11(17-6-8)2-4-19-12/h1-7,13,18H,15H2,(H2,14,16). The van der Waals surface area contributed by atoms with E-state index in [1.54, 1.807) is 29.8 Å². The lowest BCUT2D eigenvalue weighted by molar-refractivity contribution is 0.635. The Balaban J connectivity index is 2.09. The van der Waals surface area contributed by atoms with Gasteiger partial charge in [-0.15, -0.1) is 11.3 Å². The minimum Gasteiger partial charge on any atom is -0.398 e. The summed E-state index contributed by atoms with van der Waals surface area (Å²) in [4.78, 5) is 8.52. The van der Waals surface area contributed by atoms with Crippen LogP contribution >= 0.6 is 11.3 Å². The molecule has 1 atom stereocenters. The molecule has 6 heteroatoms. The average Bonchev–Trinajstić information content (AvgIpc) is 2.89. The van der Waals surface area contributed by atoms with Gasteiger partial charge in [0.15, 0.2) is 0 Å². The maximum atomic E-state index is 5.97. The minimum atomic E-state index is -0.215. The fourth-order valence-electron chi connectivity index (χ4n) is 2.04. The van der Waals surface area contributed by atoms with E-state index in [1.165, 1.54) is 0 Å². The quantitative estimate of drug-likeness (QED) is 0.499. The van der Waals surface area contributed by atoms with Gasteiger partial charge in [-0.05, 0) is 29.1 Å². The van der Waals surface area contributed by atoms with Gasteiger partial charge in [0.05, 0.1) is 16.3 Å². The number of nitrogens with one attached hydrogen (secondary N) is 1. The second kappa shape index (κ2) is 4.93. The van der Waals surface area contributed by atoms with Crippen LogP contribution in [0.5, 0.6) is 0 Å². The van der Waals surface area contributed by atoms with Crippen LogP contribution in [0, 0.1) is 0 Å². The molecular weight excluding hydrogens is 258 g/mol. The summed E-state index contributed by atoms with van der Waals surface area (Å²) < 4.78 is 1.13. The van der Waals surface area contributed by atoms with E-state index in [2.05, 4.69) is 21.5 Å². The number of nitrogens with two attached hydrogens (primary N) is 2. The van der Waals surface area contributed by atoms with Gasteiger partial charge in [-0.3, -0.25) is 15.8 Å². The fraction of sp³-hybridized carbons (Fsp3) is 0.0769. The third-order valence-electron chi connectivity index (χ3n) is 3.02. The topological polar surface area (TPSA) is 89.8 Å². The van der Waals surface area contributed by atoms with Crippen molar-refractivity contribution >= 4 is 27.2 Å². The normalized spacial score (nSPS) is 12.7. The zero-order valence-electron chi connectivity index (χ0n) is 10.1. The molecule has 96 valence electrons. The number of hydrogen-bond acceptors (Lipinski definition) is 6. The van der Waals surface area contributed by atoms with Gasteiger partial charge in [0.2, 0.25) is 0 Å². The summed E-state index contributed by atoms with van der Waals surface area (Å²) in [5.74, 6) is 5.67. The molecule has 0 spiro atoms. The first kappa shape index (κ1) is 12.0. The second-order valence-electron chi connectivity index (χ2n) is 4.18. The highest BCUT2D eigenvalue weighted by molar-refractivity contribution is 7.17. The van der Waals surface area contributed by atoms with Crippen molar-refractivity contribution in [3.63, 3.8) is 0 Å². The zero-order valence-corrected chi connectivity index (χ0v) is 10.9. The van der Waals surface area contributed by atoms with Gasteiger partial charge in [0.1, 0.15) is 0 Å². The first-order chi connectivity index (χ1) is 9.29. The molecular formula is C13H13N5S. The number of thiophene rings is 1. The van der Waals surface area contributed by atoms with E-state index in [1.807, 2.05) is 17.6 Å². The van der Waals surface area contributed by atoms with Gasteiger partial charge in [-0.25, -0.2) is 5.43 Å². The largest absolute Gasteiger partial charge is 0.398 e. The Hall–Kier alpha value is -2.02. The molecule has 3 rings (SSSR count). The first-order valence-electron chi connectivity index (χ1n) is 5.78. The maximum absolute atomic E-state index is 5.97. The van der Waals surface area contributed by atoms with Gasteiger partial charge >= 0.3 is 0 Å². The molecule has 0 saturated heterocycles. The van der Waals surface area contributed by atoms with E-state index >= 15 is 0 Å². The molecule has 0 fully saturated rings. The third kappa shape index (κ3) is 2.17. The zero-order chi connectivity index (χ0) is 13.2. The van der Waals surface area contributed by atoms with Crippen molar-refractivity contribution in [1.82, 2.24) is 15.4 Å². The first-order valence-corrected chi connectivity index (χ1v) is 6.66. The Labute approximate surface area is 114 Å². The highest BCUT2D eigenvalue weighted by Crippen LogP contribution is 2.28. The van der Waals surface area contributed by atoms with E-state index in [4.69, 9.17) is 11.6 Å². The summed E-state index contributed by atoms with van der Waals surface area (Å²) in [6, 6.07) is 5.61. The molecule has 3 heterocycles. The van der Waals surface area contributed by atoms with Crippen LogP contribution in [0.1, 0.15) is 17.2 Å². The predicted octanol–water partition coefficient (Wildman–Crippen LogP) is 1.83. The average molecular weight is 271 g/mol. The van der Waals surface area contributed by atoms with E-state index in [9.17, 15) is 0 Å². The Morgan fingerprint density at radius 3 is 2.95 bits per heavy atom. The van der Waals surface area contributed by atoms with Crippen LogP contribution in [0.25, 0.3) is 10.2 Å². The van der Waals surface area contributed by atoms with E-state index in [0.717, 1.165) is 21.3 Å². The monoisotopic (exact) mass is 271 g/mol. The number of hydrazine groups is 1. The summed E-state index contributed by atoms with van der Waals surface area (Å²) >= 11 is 1.65. The van der Waals surface area contributed by atoms with Crippen LogP contribution in [-0.2, 0) is 0 Å². The smallest absolute Gasteiger partial charge is 0.0809 e. The van der Waals surface area contributed by atoms with Crippen LogP contribution in [0.4, 0.5) is 5.69 Å². The molecule has 0 bridgehead atoms. The lowest BCUT2D eigenvalue weighted by Gasteiger charge is -2.17. The summed E-state index contributed by atoms with van der Waals surface area (Å²) in [5.41, 5.74) is 12.2. The number of rotatable bonds is 3. The number of hydrogen-bond donors (Lipinski definition) is 3. The lowest BCUT2D eigenvalue weighted by atomic mass is 10.0. The molecule has 19 heavy (non-hydrogen) atoms. The minimum absolute atomic E-state index is 0.215. The molecule has 0 aliphatic heterocycles. The number of nitrogen functional groups attached to an aromatic ring is 1. The Bertz CT molecular complexity index is 709. The molecule has 1 unspecified atom stereocenters. The summed E-state index contributed by atoms with van der Waals surface area (Å²) in [6.45, 7) is 0. The molecule has 0 radical (unpaired) electrons. The predicted molar refractivity (Wildman–Crippen MR) is 77.4 cm³/mol. The third-order valence-corrected chi connectivity index (χ3v) is 3.88. The Kier molecular flexibility index (Phi) is 3.12. The van der Waals surface area contributed by atoms with Gasteiger partial charge in [-0.2, -0.15) is 0 Å². The van der Waals surface area contributed by atoms with E-state index in [-0.39, 0.29) is 6.04 Å². The lowest BCUT2D eigenvalue weighted by Crippen LogP contribution is -2.29. The maximum Gasteiger partial charge on any atom is 0.0809 e. The van der Waals surface area contributed by atoms with E-state index in [0.29, 0.717) is 5.69 Å². The summed E-state index contributed by atoms with van der Waals surface area (Å²) in [7, 11) is 0. The molecule has 3 aromatic heterocycles. The van der Waals surface area contributed by atoms with Crippen molar-refractivity contribution in [2.24, 2.45) is 5.84 Å². The van der Waals surface area contributed by atoms with Crippen LogP contribution in [0.3, 0.4) is 0 Å². The van der Waals surface area contributed by atoms with Crippen LogP contribution in [0.2, 0.25) is 0 Å². The van der Waals surface area contributed by atoms with Gasteiger partial charge in [0, 0.05) is 29.8 Å². The Morgan fingerprint density at radius 1 is 1.26 bits per heavy atom. The van der Waals surface area contributed by atoms with Crippen molar-refractivity contribution < 1.29 is 0 Å². The van der Waals surface area contributed by atoms with Crippen molar-refractivity contribution in [3.05, 3.63) is 53.3 Å². The molecule has 3 aromatic rings. The molecule has 0 aliphatic carbocycles. The van der Waals surface area contributed by atoms with E-state index < -0.39 is 0 Å². The number of fused-ring (bicyclic) bond motifs is 1. The molecule has 0 aliphatic rings. The van der Waals surface area contributed by atoms with Crippen molar-refractivity contribution in [3.8, 4) is 0 Å². The van der Waals surface area contributed by atoms with Crippen LogP contribution in [-0.4, -0.2) is 9.97 Å². The van der Waals surface area contributed by atoms with Crippen molar-refractivity contribution in [2.45, 2.75) is 6.04 Å². The number of nitrogens with zero attached hydrogens (tertiary/aromatic N) is 2. The highest BCUT2D eigenvalue weighted by atomic mass is 32.1. The summed E-state index contributed by atoms with van der Waals surface area (Å²) in [5, 5.41) is 2.02. The molecule has 0 aromatic carbocycles. The second-order valence-corrected chi connectivity index (χ2v) is 5.12. The number of aromatic nitrogens is 2.